The lowest BCUT2D eigenvalue weighted by molar-refractivity contribution is -0.942. The van der Waals surface area contributed by atoms with Crippen LogP contribution in [-0.2, 0) is 0 Å². The summed E-state index contributed by atoms with van der Waals surface area (Å²) in [5.74, 6) is -0.0628. The van der Waals surface area contributed by atoms with Gasteiger partial charge in [0, 0.05) is 23.9 Å². The molecule has 3 heterocycles. The number of benzene rings is 1. The van der Waals surface area contributed by atoms with Crippen molar-refractivity contribution in [3.05, 3.63) is 29.0 Å². The molecule has 5 nitrogen and oxygen atoms in total. The van der Waals surface area contributed by atoms with Crippen molar-refractivity contribution in [2.75, 3.05) is 7.05 Å². The molecule has 2 unspecified atom stereocenters. The van der Waals surface area contributed by atoms with Gasteiger partial charge in [-0.1, -0.05) is 11.6 Å². The van der Waals surface area contributed by atoms with Crippen LogP contribution >= 0.6 is 11.6 Å². The lowest BCUT2D eigenvalue weighted by atomic mass is 9.82. The van der Waals surface area contributed by atoms with E-state index in [2.05, 4.69) is 22.3 Å². The Kier molecular flexibility index (Phi) is 3.77. The third kappa shape index (κ3) is 2.72. The molecule has 0 spiro atoms. The van der Waals surface area contributed by atoms with Gasteiger partial charge in [0.2, 0.25) is 0 Å². The van der Waals surface area contributed by atoms with E-state index in [0.29, 0.717) is 28.2 Å². The number of hydrogen-bond donors (Lipinski definition) is 3. The van der Waals surface area contributed by atoms with E-state index in [-0.39, 0.29) is 11.9 Å². The maximum absolute atomic E-state index is 12.7. The highest BCUT2D eigenvalue weighted by atomic mass is 35.5. The first-order valence-electron chi connectivity index (χ1n) is 8.38. The van der Waals surface area contributed by atoms with E-state index in [0.717, 1.165) is 18.4 Å². The summed E-state index contributed by atoms with van der Waals surface area (Å²) in [5.41, 5.74) is 2.04. The Morgan fingerprint density at radius 3 is 2.83 bits per heavy atom. The van der Waals surface area contributed by atoms with E-state index in [9.17, 15) is 4.79 Å². The molecule has 0 radical (unpaired) electrons. The van der Waals surface area contributed by atoms with Crippen molar-refractivity contribution in [1.29, 1.82) is 0 Å². The van der Waals surface area contributed by atoms with Gasteiger partial charge >= 0.3 is 0 Å². The number of amides is 1. The third-order valence-corrected chi connectivity index (χ3v) is 5.82. The fourth-order valence-electron chi connectivity index (χ4n) is 4.36. The number of quaternary nitrogens is 1. The number of piperidine rings is 2. The Bertz CT molecular complexity index is 729. The number of halogens is 1. The van der Waals surface area contributed by atoms with Gasteiger partial charge in [0.15, 0.2) is 0 Å². The van der Waals surface area contributed by atoms with Crippen LogP contribution in [0.1, 0.15) is 42.5 Å². The Morgan fingerprint density at radius 2 is 2.09 bits per heavy atom. The highest BCUT2D eigenvalue weighted by Gasteiger charge is 2.40. The topological polar surface area (TPSA) is 62.2 Å². The van der Waals surface area contributed by atoms with Gasteiger partial charge in [-0.05, 0) is 31.4 Å². The van der Waals surface area contributed by atoms with Crippen LogP contribution in [0, 0.1) is 0 Å². The SMILES string of the molecule is C[NH+]1[C@@H]2CCC[C@H]1CC(NC(=O)c1cc(Cl)cc3[nH]cnc13)C2. The van der Waals surface area contributed by atoms with Crippen LogP contribution in [0.3, 0.4) is 0 Å². The van der Waals surface area contributed by atoms with Crippen LogP contribution in [0.5, 0.6) is 0 Å². The first-order chi connectivity index (χ1) is 11.1. The van der Waals surface area contributed by atoms with Crippen LogP contribution in [0.2, 0.25) is 5.02 Å². The van der Waals surface area contributed by atoms with Crippen LogP contribution in [0.25, 0.3) is 11.0 Å². The number of rotatable bonds is 2. The minimum atomic E-state index is -0.0628. The van der Waals surface area contributed by atoms with E-state index < -0.39 is 0 Å². The fraction of sp³-hybridized carbons (Fsp3) is 0.529. The lowest BCUT2D eigenvalue weighted by Crippen LogP contribution is -3.19. The summed E-state index contributed by atoms with van der Waals surface area (Å²) in [6, 6.07) is 5.12. The first kappa shape index (κ1) is 15.0. The van der Waals surface area contributed by atoms with Crippen molar-refractivity contribution in [2.24, 2.45) is 0 Å². The lowest BCUT2D eigenvalue weighted by Gasteiger charge is -2.44. The number of H-pyrrole nitrogens is 1. The van der Waals surface area contributed by atoms with Gasteiger partial charge in [0.05, 0.1) is 36.5 Å². The highest BCUT2D eigenvalue weighted by molar-refractivity contribution is 6.32. The van der Waals surface area contributed by atoms with Crippen LogP contribution in [0.15, 0.2) is 18.5 Å². The second kappa shape index (κ2) is 5.80. The second-order valence-electron chi connectivity index (χ2n) is 6.96. The maximum Gasteiger partial charge on any atom is 0.253 e. The zero-order valence-electron chi connectivity index (χ0n) is 13.2. The van der Waals surface area contributed by atoms with Crippen molar-refractivity contribution >= 4 is 28.5 Å². The van der Waals surface area contributed by atoms with Crippen molar-refractivity contribution < 1.29 is 9.69 Å². The van der Waals surface area contributed by atoms with Gasteiger partial charge in [-0.15, -0.1) is 0 Å². The van der Waals surface area contributed by atoms with Gasteiger partial charge in [0.1, 0.15) is 5.52 Å². The number of fused-ring (bicyclic) bond motifs is 3. The zero-order chi connectivity index (χ0) is 16.0. The quantitative estimate of drug-likeness (QED) is 0.780. The minimum absolute atomic E-state index is 0.0628. The Labute approximate surface area is 140 Å². The molecule has 1 aromatic heterocycles. The molecule has 1 amide bonds. The monoisotopic (exact) mass is 333 g/mol. The van der Waals surface area contributed by atoms with E-state index in [4.69, 9.17) is 11.6 Å². The Hall–Kier alpha value is -1.59. The Morgan fingerprint density at radius 1 is 1.35 bits per heavy atom. The Balaban J connectivity index is 1.54. The summed E-state index contributed by atoms with van der Waals surface area (Å²) >= 11 is 6.13. The first-order valence-corrected chi connectivity index (χ1v) is 8.76. The number of aromatic nitrogens is 2. The molecule has 0 saturated carbocycles. The molecular formula is C17H22ClN4O+. The smallest absolute Gasteiger partial charge is 0.253 e. The molecule has 2 aliphatic heterocycles. The van der Waals surface area contributed by atoms with Crippen LogP contribution in [-0.4, -0.2) is 41.0 Å². The molecule has 4 rings (SSSR count). The molecular weight excluding hydrogens is 312 g/mol. The second-order valence-corrected chi connectivity index (χ2v) is 7.40. The fourth-order valence-corrected chi connectivity index (χ4v) is 4.58. The van der Waals surface area contributed by atoms with Gasteiger partial charge in [-0.3, -0.25) is 4.79 Å². The predicted octanol–water partition coefficient (Wildman–Crippen LogP) is 1.54. The zero-order valence-corrected chi connectivity index (χ0v) is 14.0. The van der Waals surface area contributed by atoms with E-state index in [1.54, 1.807) is 23.4 Å². The third-order valence-electron chi connectivity index (χ3n) is 5.60. The number of nitrogens with zero attached hydrogens (tertiary/aromatic N) is 1. The van der Waals surface area contributed by atoms with Gasteiger partial charge in [-0.25, -0.2) is 4.98 Å². The van der Waals surface area contributed by atoms with Gasteiger partial charge < -0.3 is 15.2 Å². The van der Waals surface area contributed by atoms with Crippen molar-refractivity contribution in [1.82, 2.24) is 15.3 Å². The normalized spacial score (nSPS) is 30.3. The largest absolute Gasteiger partial charge is 0.349 e. The molecule has 6 heteroatoms. The molecule has 4 atom stereocenters. The number of nitrogens with one attached hydrogen (secondary N) is 3. The van der Waals surface area contributed by atoms with Gasteiger partial charge in [0.25, 0.3) is 5.91 Å². The number of hydrogen-bond acceptors (Lipinski definition) is 2. The van der Waals surface area contributed by atoms with Crippen LogP contribution in [0.4, 0.5) is 0 Å². The summed E-state index contributed by atoms with van der Waals surface area (Å²) in [5, 5.41) is 3.78. The predicted molar refractivity (Wildman–Crippen MR) is 89.9 cm³/mol. The molecule has 0 aliphatic carbocycles. The summed E-state index contributed by atoms with van der Waals surface area (Å²) in [4.78, 5) is 21.7. The minimum Gasteiger partial charge on any atom is -0.349 e. The molecule has 1 aromatic carbocycles. The number of carbonyl (C=O) groups excluding carboxylic acids is 1. The van der Waals surface area contributed by atoms with Crippen molar-refractivity contribution in [2.45, 2.75) is 50.2 Å². The number of aromatic amines is 1. The molecule has 23 heavy (non-hydrogen) atoms. The molecule has 2 aliphatic rings. The van der Waals surface area contributed by atoms with E-state index in [1.807, 2.05) is 0 Å². The van der Waals surface area contributed by atoms with Crippen molar-refractivity contribution in [3.8, 4) is 0 Å². The van der Waals surface area contributed by atoms with E-state index >= 15 is 0 Å². The maximum atomic E-state index is 12.7. The average Bonchev–Trinajstić information content (AvgIpc) is 2.95. The summed E-state index contributed by atoms with van der Waals surface area (Å²) in [6.45, 7) is 0. The summed E-state index contributed by atoms with van der Waals surface area (Å²) < 4.78 is 0. The van der Waals surface area contributed by atoms with Crippen LogP contribution < -0.4 is 10.2 Å². The number of imidazole rings is 1. The highest BCUT2D eigenvalue weighted by Crippen LogP contribution is 2.24. The van der Waals surface area contributed by atoms with E-state index in [1.165, 1.54) is 19.3 Å². The summed E-state index contributed by atoms with van der Waals surface area (Å²) in [6.07, 6.45) is 7.61. The van der Waals surface area contributed by atoms with Crippen molar-refractivity contribution in [3.63, 3.8) is 0 Å². The molecule has 2 saturated heterocycles. The average molecular weight is 334 g/mol. The molecule has 122 valence electrons. The standard InChI is InChI=1S/C17H21ClN4O/c1-22-12-3-2-4-13(22)8-11(7-12)21-17(23)14-5-10(18)6-15-16(14)20-9-19-15/h5-6,9,11-13H,2-4,7-8H2,1H3,(H,19,20)(H,21,23)/p+1/t11?,12-,13+. The molecule has 2 aromatic rings. The number of carbonyl (C=O) groups is 1. The van der Waals surface area contributed by atoms with Gasteiger partial charge in [-0.2, -0.15) is 0 Å². The molecule has 2 fully saturated rings. The summed E-state index contributed by atoms with van der Waals surface area (Å²) in [7, 11) is 2.30. The molecule has 3 N–H and O–H groups in total. The molecule has 2 bridgehead atoms.